The molecule has 3 rings (SSSR count). The Kier molecular flexibility index (Phi) is 3.52. The van der Waals surface area contributed by atoms with Crippen LogP contribution < -0.4 is 26.0 Å². The van der Waals surface area contributed by atoms with Crippen molar-refractivity contribution < 1.29 is 4.74 Å². The summed E-state index contributed by atoms with van der Waals surface area (Å²) in [6.07, 6.45) is 1.09. The van der Waals surface area contributed by atoms with Crippen molar-refractivity contribution in [2.75, 3.05) is 49.2 Å². The Balaban J connectivity index is 1.93. The van der Waals surface area contributed by atoms with E-state index in [1.54, 1.807) is 0 Å². The quantitative estimate of drug-likeness (QED) is 0.739. The van der Waals surface area contributed by atoms with Gasteiger partial charge in [0, 0.05) is 31.1 Å². The molecule has 1 saturated heterocycles. The van der Waals surface area contributed by atoms with Crippen LogP contribution in [0.15, 0.2) is 0 Å². The molecule has 0 unspecified atom stereocenters. The molecule has 0 amide bonds. The van der Waals surface area contributed by atoms with E-state index in [0.717, 1.165) is 37.6 Å². The minimum absolute atomic E-state index is 0.0469. The molecule has 0 spiro atoms. The van der Waals surface area contributed by atoms with Crippen LogP contribution in [-0.2, 0) is 0 Å². The van der Waals surface area contributed by atoms with Crippen LogP contribution >= 0.6 is 0 Å². The van der Waals surface area contributed by atoms with Crippen LogP contribution in [0, 0.1) is 5.41 Å². The third-order valence-corrected chi connectivity index (χ3v) is 4.10. The minimum Gasteiger partial charge on any atom is -0.486 e. The van der Waals surface area contributed by atoms with Crippen LogP contribution in [0.5, 0.6) is 5.75 Å². The molecule has 1 atom stereocenters. The Morgan fingerprint density at radius 3 is 2.95 bits per heavy atom. The fourth-order valence-corrected chi connectivity index (χ4v) is 2.75. The molecule has 0 saturated carbocycles. The monoisotopic (exact) mass is 292 g/mol. The van der Waals surface area contributed by atoms with E-state index in [1.807, 2.05) is 7.05 Å². The lowest BCUT2D eigenvalue weighted by Gasteiger charge is -2.22. The molecule has 1 aromatic rings. The van der Waals surface area contributed by atoms with Crippen molar-refractivity contribution in [3.05, 3.63) is 0 Å². The number of likely N-dealkylation sites (N-methyl/N-ethyl adjacent to an activating group) is 1. The predicted molar refractivity (Wildman–Crippen MR) is 83.9 cm³/mol. The molecule has 2 aliphatic heterocycles. The molecule has 0 bridgehead atoms. The SMILES string of the molecule is CN[C@@H]1CCN(c2nc(N)nc3c2OCC(C)(C)CN3)C1. The molecule has 2 aliphatic rings. The van der Waals surface area contributed by atoms with Gasteiger partial charge in [0.1, 0.15) is 0 Å². The molecule has 7 nitrogen and oxygen atoms in total. The average molecular weight is 292 g/mol. The second kappa shape index (κ2) is 5.22. The Hall–Kier alpha value is -1.76. The normalized spacial score (nSPS) is 24.0. The van der Waals surface area contributed by atoms with Crippen molar-refractivity contribution in [1.82, 2.24) is 15.3 Å². The maximum Gasteiger partial charge on any atom is 0.224 e. The van der Waals surface area contributed by atoms with E-state index in [2.05, 4.69) is 39.3 Å². The van der Waals surface area contributed by atoms with Crippen molar-refractivity contribution in [2.45, 2.75) is 26.3 Å². The van der Waals surface area contributed by atoms with E-state index >= 15 is 0 Å². The van der Waals surface area contributed by atoms with Gasteiger partial charge in [0.25, 0.3) is 0 Å². The summed E-state index contributed by atoms with van der Waals surface area (Å²) in [6.45, 7) is 7.61. The number of aromatic nitrogens is 2. The van der Waals surface area contributed by atoms with Gasteiger partial charge in [-0.3, -0.25) is 0 Å². The molecular formula is C14H24N6O. The summed E-state index contributed by atoms with van der Waals surface area (Å²) in [7, 11) is 1.99. The van der Waals surface area contributed by atoms with Crippen LogP contribution in [0.1, 0.15) is 20.3 Å². The number of ether oxygens (including phenoxy) is 1. The van der Waals surface area contributed by atoms with E-state index in [9.17, 15) is 0 Å². The number of hydrogen-bond acceptors (Lipinski definition) is 7. The molecule has 3 heterocycles. The standard InChI is InChI=1S/C14H24N6O/c1-14(2)7-17-11-10(21-8-14)12(19-13(15)18-11)20-5-4-9(6-20)16-3/h9,16H,4-8H2,1-3H3,(H3,15,17,18,19)/t9-/m1/s1. The van der Waals surface area contributed by atoms with Gasteiger partial charge in [-0.15, -0.1) is 0 Å². The Morgan fingerprint density at radius 1 is 1.43 bits per heavy atom. The highest BCUT2D eigenvalue weighted by Crippen LogP contribution is 2.38. The van der Waals surface area contributed by atoms with Gasteiger partial charge in [-0.1, -0.05) is 13.8 Å². The Labute approximate surface area is 125 Å². The predicted octanol–water partition coefficient (Wildman–Crippen LogP) is 0.687. The average Bonchev–Trinajstić information content (AvgIpc) is 2.86. The smallest absolute Gasteiger partial charge is 0.224 e. The zero-order chi connectivity index (χ0) is 15.0. The van der Waals surface area contributed by atoms with Gasteiger partial charge in [0.2, 0.25) is 11.7 Å². The van der Waals surface area contributed by atoms with Crippen LogP contribution in [0.2, 0.25) is 0 Å². The summed E-state index contributed by atoms with van der Waals surface area (Å²) in [6, 6.07) is 0.479. The van der Waals surface area contributed by atoms with Gasteiger partial charge in [-0.05, 0) is 13.5 Å². The summed E-state index contributed by atoms with van der Waals surface area (Å²) in [4.78, 5) is 10.9. The fourth-order valence-electron chi connectivity index (χ4n) is 2.75. The maximum atomic E-state index is 6.03. The summed E-state index contributed by atoms with van der Waals surface area (Å²) in [5.74, 6) is 2.52. The molecule has 116 valence electrons. The molecule has 1 aromatic heterocycles. The maximum absolute atomic E-state index is 6.03. The summed E-state index contributed by atoms with van der Waals surface area (Å²) < 4.78 is 6.03. The van der Waals surface area contributed by atoms with Crippen LogP contribution in [-0.4, -0.2) is 49.3 Å². The van der Waals surface area contributed by atoms with Crippen molar-refractivity contribution in [2.24, 2.45) is 5.41 Å². The van der Waals surface area contributed by atoms with Gasteiger partial charge < -0.3 is 26.0 Å². The largest absolute Gasteiger partial charge is 0.486 e. The van der Waals surface area contributed by atoms with E-state index < -0.39 is 0 Å². The van der Waals surface area contributed by atoms with Gasteiger partial charge in [-0.2, -0.15) is 9.97 Å². The van der Waals surface area contributed by atoms with E-state index in [-0.39, 0.29) is 11.4 Å². The minimum atomic E-state index is 0.0469. The van der Waals surface area contributed by atoms with Gasteiger partial charge in [0.15, 0.2) is 11.6 Å². The summed E-state index contributed by atoms with van der Waals surface area (Å²) in [5.41, 5.74) is 5.92. The third kappa shape index (κ3) is 2.83. The lowest BCUT2D eigenvalue weighted by Crippen LogP contribution is -2.30. The second-order valence-corrected chi connectivity index (χ2v) is 6.61. The van der Waals surface area contributed by atoms with Crippen molar-refractivity contribution in [3.8, 4) is 5.75 Å². The molecule has 0 aromatic carbocycles. The number of nitrogens with one attached hydrogen (secondary N) is 2. The first-order valence-corrected chi connectivity index (χ1v) is 7.45. The molecule has 0 radical (unpaired) electrons. The number of nitrogen functional groups attached to an aromatic ring is 1. The Bertz CT molecular complexity index is 532. The van der Waals surface area contributed by atoms with Crippen molar-refractivity contribution in [1.29, 1.82) is 0 Å². The number of anilines is 3. The molecule has 4 N–H and O–H groups in total. The number of nitrogens with two attached hydrogens (primary N) is 1. The highest BCUT2D eigenvalue weighted by molar-refractivity contribution is 5.68. The van der Waals surface area contributed by atoms with Crippen LogP contribution in [0.25, 0.3) is 0 Å². The summed E-state index contributed by atoms with van der Waals surface area (Å²) >= 11 is 0. The first-order chi connectivity index (χ1) is 9.98. The highest BCUT2D eigenvalue weighted by atomic mass is 16.5. The van der Waals surface area contributed by atoms with Gasteiger partial charge in [-0.25, -0.2) is 0 Å². The number of rotatable bonds is 2. The van der Waals surface area contributed by atoms with E-state index in [0.29, 0.717) is 18.5 Å². The Morgan fingerprint density at radius 2 is 2.24 bits per heavy atom. The fraction of sp³-hybridized carbons (Fsp3) is 0.714. The van der Waals surface area contributed by atoms with Crippen LogP contribution in [0.4, 0.5) is 17.6 Å². The van der Waals surface area contributed by atoms with Crippen molar-refractivity contribution in [3.63, 3.8) is 0 Å². The first-order valence-electron chi connectivity index (χ1n) is 7.45. The molecule has 21 heavy (non-hydrogen) atoms. The number of nitrogens with zero attached hydrogens (tertiary/aromatic N) is 3. The number of hydrogen-bond donors (Lipinski definition) is 3. The first kappa shape index (κ1) is 14.2. The zero-order valence-corrected chi connectivity index (χ0v) is 12.9. The van der Waals surface area contributed by atoms with Crippen molar-refractivity contribution >= 4 is 17.6 Å². The molecule has 1 fully saturated rings. The number of fused-ring (bicyclic) bond motifs is 1. The van der Waals surface area contributed by atoms with E-state index in [4.69, 9.17) is 10.5 Å². The van der Waals surface area contributed by atoms with E-state index in [1.165, 1.54) is 0 Å². The lowest BCUT2D eigenvalue weighted by molar-refractivity contribution is 0.200. The highest BCUT2D eigenvalue weighted by Gasteiger charge is 2.31. The summed E-state index contributed by atoms with van der Waals surface area (Å²) in [5, 5.41) is 6.66. The van der Waals surface area contributed by atoms with Gasteiger partial charge >= 0.3 is 0 Å². The van der Waals surface area contributed by atoms with Crippen LogP contribution in [0.3, 0.4) is 0 Å². The third-order valence-electron chi connectivity index (χ3n) is 4.10. The molecule has 7 heteroatoms. The zero-order valence-electron chi connectivity index (χ0n) is 12.9. The topological polar surface area (TPSA) is 88.3 Å². The molecular weight excluding hydrogens is 268 g/mol. The second-order valence-electron chi connectivity index (χ2n) is 6.61. The van der Waals surface area contributed by atoms with Gasteiger partial charge in [0.05, 0.1) is 6.61 Å². The molecule has 0 aliphatic carbocycles. The lowest BCUT2D eigenvalue weighted by atomic mass is 9.95.